The van der Waals surface area contributed by atoms with E-state index in [1.807, 2.05) is 44.3 Å². The number of benzene rings is 1. The summed E-state index contributed by atoms with van der Waals surface area (Å²) in [6.07, 6.45) is 9.08. The highest BCUT2D eigenvalue weighted by Crippen LogP contribution is 2.25. The number of nitrogens with zero attached hydrogens (tertiary/aromatic N) is 1. The molecule has 0 radical (unpaired) electrons. The fraction of sp³-hybridized carbons (Fsp3) is 0.471. The monoisotopic (exact) mass is 272 g/mol. The van der Waals surface area contributed by atoms with Crippen molar-refractivity contribution >= 4 is 11.7 Å². The van der Waals surface area contributed by atoms with Gasteiger partial charge in [-0.05, 0) is 50.3 Å². The number of urea groups is 1. The fourth-order valence-electron chi connectivity index (χ4n) is 2.72. The lowest BCUT2D eigenvalue weighted by molar-refractivity contribution is 0.249. The second-order valence-corrected chi connectivity index (χ2v) is 5.44. The van der Waals surface area contributed by atoms with Gasteiger partial charge in [0, 0.05) is 18.4 Å². The number of carbonyl (C=O) groups is 1. The van der Waals surface area contributed by atoms with Gasteiger partial charge in [-0.25, -0.2) is 4.79 Å². The Kier molecular flexibility index (Phi) is 5.22. The molecule has 2 amide bonds. The molecule has 0 aliphatic heterocycles. The third-order valence-corrected chi connectivity index (χ3v) is 3.85. The standard InChI is InChI=1S/C17H24N2O/c1-3-19(16-10-6-7-14(2)13-16)17(20)18-12-11-15-8-4-5-9-15/h6-7,10-13,15H,3-5,8-9H2,1-2H3,(H,18,20)/b12-11+. The maximum atomic E-state index is 12.2. The van der Waals surface area contributed by atoms with Crippen LogP contribution in [0.5, 0.6) is 0 Å². The first-order valence-corrected chi connectivity index (χ1v) is 7.52. The Bertz CT molecular complexity index is 476. The molecule has 1 aliphatic carbocycles. The zero-order valence-electron chi connectivity index (χ0n) is 12.4. The van der Waals surface area contributed by atoms with Crippen LogP contribution in [0, 0.1) is 12.8 Å². The van der Waals surface area contributed by atoms with Gasteiger partial charge in [0.25, 0.3) is 0 Å². The number of carbonyl (C=O) groups excluding carboxylic acids is 1. The number of nitrogens with one attached hydrogen (secondary N) is 1. The Morgan fingerprint density at radius 3 is 2.80 bits per heavy atom. The summed E-state index contributed by atoms with van der Waals surface area (Å²) in [6.45, 7) is 4.68. The van der Waals surface area contributed by atoms with Crippen LogP contribution in [-0.2, 0) is 0 Å². The van der Waals surface area contributed by atoms with E-state index >= 15 is 0 Å². The van der Waals surface area contributed by atoms with E-state index in [9.17, 15) is 4.79 Å². The average Bonchev–Trinajstić information content (AvgIpc) is 2.93. The van der Waals surface area contributed by atoms with Crippen molar-refractivity contribution in [3.05, 3.63) is 42.1 Å². The summed E-state index contributed by atoms with van der Waals surface area (Å²) in [5, 5.41) is 2.88. The number of anilines is 1. The molecule has 108 valence electrons. The predicted octanol–water partition coefficient (Wildman–Crippen LogP) is 4.23. The minimum absolute atomic E-state index is 0.0626. The predicted molar refractivity (Wildman–Crippen MR) is 83.8 cm³/mol. The molecule has 1 saturated carbocycles. The van der Waals surface area contributed by atoms with Crippen LogP contribution in [0.1, 0.15) is 38.2 Å². The molecule has 0 atom stereocenters. The van der Waals surface area contributed by atoms with E-state index in [2.05, 4.69) is 11.4 Å². The van der Waals surface area contributed by atoms with Gasteiger partial charge in [0.05, 0.1) is 0 Å². The molecule has 3 heteroatoms. The molecule has 0 saturated heterocycles. The minimum atomic E-state index is -0.0626. The van der Waals surface area contributed by atoms with Crippen molar-refractivity contribution < 1.29 is 4.79 Å². The van der Waals surface area contributed by atoms with Gasteiger partial charge in [0.15, 0.2) is 0 Å². The van der Waals surface area contributed by atoms with E-state index < -0.39 is 0 Å². The van der Waals surface area contributed by atoms with Crippen LogP contribution in [0.3, 0.4) is 0 Å². The summed E-state index contributed by atoms with van der Waals surface area (Å²) in [7, 11) is 0. The van der Waals surface area contributed by atoms with Crippen LogP contribution in [0.4, 0.5) is 10.5 Å². The maximum Gasteiger partial charge on any atom is 0.325 e. The van der Waals surface area contributed by atoms with Crippen LogP contribution in [0.25, 0.3) is 0 Å². The summed E-state index contributed by atoms with van der Waals surface area (Å²) in [6, 6.07) is 7.96. The lowest BCUT2D eigenvalue weighted by atomic mass is 10.1. The summed E-state index contributed by atoms with van der Waals surface area (Å²) in [5.41, 5.74) is 2.11. The Balaban J connectivity index is 1.95. The Morgan fingerprint density at radius 1 is 1.40 bits per heavy atom. The molecule has 1 aliphatic rings. The molecular weight excluding hydrogens is 248 g/mol. The lowest BCUT2D eigenvalue weighted by Crippen LogP contribution is -2.37. The molecular formula is C17H24N2O. The van der Waals surface area contributed by atoms with Crippen molar-refractivity contribution in [2.45, 2.75) is 39.5 Å². The number of hydrogen-bond donors (Lipinski definition) is 1. The van der Waals surface area contributed by atoms with Crippen molar-refractivity contribution in [2.75, 3.05) is 11.4 Å². The second kappa shape index (κ2) is 7.13. The highest BCUT2D eigenvalue weighted by molar-refractivity contribution is 5.92. The first-order chi connectivity index (χ1) is 9.70. The van der Waals surface area contributed by atoms with Crippen molar-refractivity contribution in [1.82, 2.24) is 5.32 Å². The third kappa shape index (κ3) is 3.86. The number of aryl methyl sites for hydroxylation is 1. The number of rotatable bonds is 4. The van der Waals surface area contributed by atoms with Gasteiger partial charge in [-0.3, -0.25) is 4.90 Å². The highest BCUT2D eigenvalue weighted by atomic mass is 16.2. The fourth-order valence-corrected chi connectivity index (χ4v) is 2.72. The number of allylic oxidation sites excluding steroid dienone is 1. The second-order valence-electron chi connectivity index (χ2n) is 5.44. The van der Waals surface area contributed by atoms with Crippen molar-refractivity contribution in [3.63, 3.8) is 0 Å². The van der Waals surface area contributed by atoms with E-state index in [0.29, 0.717) is 12.5 Å². The summed E-state index contributed by atoms with van der Waals surface area (Å²) in [4.78, 5) is 14.0. The molecule has 20 heavy (non-hydrogen) atoms. The van der Waals surface area contributed by atoms with E-state index in [1.54, 1.807) is 4.90 Å². The van der Waals surface area contributed by atoms with Gasteiger partial charge in [-0.1, -0.05) is 31.1 Å². The van der Waals surface area contributed by atoms with Crippen molar-refractivity contribution in [1.29, 1.82) is 0 Å². The van der Waals surface area contributed by atoms with E-state index in [-0.39, 0.29) is 6.03 Å². The number of amides is 2. The summed E-state index contributed by atoms with van der Waals surface area (Å²) < 4.78 is 0. The Labute approximate surface area is 121 Å². The lowest BCUT2D eigenvalue weighted by Gasteiger charge is -2.21. The maximum absolute atomic E-state index is 12.2. The Hall–Kier alpha value is -1.77. The topological polar surface area (TPSA) is 32.3 Å². The van der Waals surface area contributed by atoms with Gasteiger partial charge in [0.1, 0.15) is 0 Å². The van der Waals surface area contributed by atoms with Crippen LogP contribution in [-0.4, -0.2) is 12.6 Å². The quantitative estimate of drug-likeness (QED) is 0.873. The van der Waals surface area contributed by atoms with Crippen LogP contribution in [0.2, 0.25) is 0 Å². The molecule has 1 aromatic carbocycles. The minimum Gasteiger partial charge on any atom is -0.315 e. The summed E-state index contributed by atoms with van der Waals surface area (Å²) >= 11 is 0. The van der Waals surface area contributed by atoms with E-state index in [4.69, 9.17) is 0 Å². The van der Waals surface area contributed by atoms with Crippen molar-refractivity contribution in [3.8, 4) is 0 Å². The zero-order valence-corrected chi connectivity index (χ0v) is 12.4. The largest absolute Gasteiger partial charge is 0.325 e. The van der Waals surface area contributed by atoms with Crippen LogP contribution < -0.4 is 10.2 Å². The summed E-state index contributed by atoms with van der Waals surface area (Å²) in [5.74, 6) is 0.643. The van der Waals surface area contributed by atoms with E-state index in [1.165, 1.54) is 25.7 Å². The number of hydrogen-bond acceptors (Lipinski definition) is 1. The molecule has 3 nitrogen and oxygen atoms in total. The van der Waals surface area contributed by atoms with Crippen LogP contribution >= 0.6 is 0 Å². The van der Waals surface area contributed by atoms with Gasteiger partial charge in [-0.15, -0.1) is 0 Å². The van der Waals surface area contributed by atoms with Gasteiger partial charge >= 0.3 is 6.03 Å². The highest BCUT2D eigenvalue weighted by Gasteiger charge is 2.14. The zero-order chi connectivity index (χ0) is 14.4. The Morgan fingerprint density at radius 2 is 2.15 bits per heavy atom. The SMILES string of the molecule is CCN(C(=O)N/C=C/C1CCCC1)c1cccc(C)c1. The van der Waals surface area contributed by atoms with Gasteiger partial charge in [-0.2, -0.15) is 0 Å². The first-order valence-electron chi connectivity index (χ1n) is 7.52. The molecule has 0 spiro atoms. The normalized spacial score (nSPS) is 15.7. The van der Waals surface area contributed by atoms with Gasteiger partial charge < -0.3 is 5.32 Å². The molecule has 1 N–H and O–H groups in total. The third-order valence-electron chi connectivity index (χ3n) is 3.85. The molecule has 0 bridgehead atoms. The van der Waals surface area contributed by atoms with Crippen LogP contribution in [0.15, 0.2) is 36.5 Å². The molecule has 1 aromatic rings. The first kappa shape index (κ1) is 14.6. The van der Waals surface area contributed by atoms with E-state index in [0.717, 1.165) is 11.3 Å². The van der Waals surface area contributed by atoms with Crippen molar-refractivity contribution in [2.24, 2.45) is 5.92 Å². The van der Waals surface area contributed by atoms with Gasteiger partial charge in [0.2, 0.25) is 0 Å². The molecule has 1 fully saturated rings. The molecule has 0 aromatic heterocycles. The smallest absolute Gasteiger partial charge is 0.315 e. The molecule has 0 unspecified atom stereocenters. The molecule has 0 heterocycles. The average molecular weight is 272 g/mol. The molecule has 2 rings (SSSR count).